The standard InChI is InChI=1S/C14H22FN3O/c1-2-8-19-12-4-3-7-18(10-12)14-13(15)11(9-16)5-6-17-14/h5-6,12H,2-4,7-10,16H2,1H3. The van der Waals surface area contributed by atoms with Crippen molar-refractivity contribution in [1.82, 2.24) is 4.98 Å². The van der Waals surface area contributed by atoms with Crippen LogP contribution >= 0.6 is 0 Å². The van der Waals surface area contributed by atoms with Crippen molar-refractivity contribution >= 4 is 5.82 Å². The number of hydrogen-bond donors (Lipinski definition) is 1. The predicted octanol–water partition coefficient (Wildman–Crippen LogP) is 2.07. The first-order valence-electron chi connectivity index (χ1n) is 6.96. The molecule has 106 valence electrons. The lowest BCUT2D eigenvalue weighted by Crippen LogP contribution is -2.40. The fraction of sp³-hybridized carbons (Fsp3) is 0.643. The molecule has 0 saturated carbocycles. The van der Waals surface area contributed by atoms with Gasteiger partial charge in [-0.15, -0.1) is 0 Å². The van der Waals surface area contributed by atoms with Crippen LogP contribution in [0.3, 0.4) is 0 Å². The van der Waals surface area contributed by atoms with E-state index in [1.54, 1.807) is 12.3 Å². The molecule has 19 heavy (non-hydrogen) atoms. The Morgan fingerprint density at radius 3 is 3.16 bits per heavy atom. The van der Waals surface area contributed by atoms with Gasteiger partial charge < -0.3 is 15.4 Å². The monoisotopic (exact) mass is 267 g/mol. The minimum Gasteiger partial charge on any atom is -0.376 e. The largest absolute Gasteiger partial charge is 0.376 e. The summed E-state index contributed by atoms with van der Waals surface area (Å²) in [4.78, 5) is 6.14. The molecule has 1 aromatic heterocycles. The summed E-state index contributed by atoms with van der Waals surface area (Å²) in [6, 6.07) is 1.63. The van der Waals surface area contributed by atoms with Gasteiger partial charge in [-0.2, -0.15) is 0 Å². The van der Waals surface area contributed by atoms with Crippen LogP contribution in [-0.2, 0) is 11.3 Å². The molecule has 0 aliphatic carbocycles. The van der Waals surface area contributed by atoms with Crippen molar-refractivity contribution in [2.45, 2.75) is 38.8 Å². The van der Waals surface area contributed by atoms with Crippen molar-refractivity contribution in [3.8, 4) is 0 Å². The molecule has 0 spiro atoms. The minimum atomic E-state index is -0.291. The van der Waals surface area contributed by atoms with Crippen molar-refractivity contribution < 1.29 is 9.13 Å². The minimum absolute atomic E-state index is 0.177. The zero-order valence-corrected chi connectivity index (χ0v) is 11.4. The molecule has 1 aromatic rings. The summed E-state index contributed by atoms with van der Waals surface area (Å²) in [5.74, 6) is 0.119. The SMILES string of the molecule is CCCOC1CCCN(c2nccc(CN)c2F)C1. The molecule has 1 atom stereocenters. The number of halogens is 1. The molecule has 1 fully saturated rings. The van der Waals surface area contributed by atoms with E-state index in [1.165, 1.54) is 0 Å². The Hall–Kier alpha value is -1.20. The van der Waals surface area contributed by atoms with Gasteiger partial charge in [-0.05, 0) is 25.3 Å². The summed E-state index contributed by atoms with van der Waals surface area (Å²) in [5.41, 5.74) is 6.05. The van der Waals surface area contributed by atoms with Gasteiger partial charge in [-0.25, -0.2) is 9.37 Å². The Kier molecular flexibility index (Phi) is 5.10. The quantitative estimate of drug-likeness (QED) is 0.887. The summed E-state index contributed by atoms with van der Waals surface area (Å²) in [6.07, 6.45) is 4.84. The number of pyridine rings is 1. The van der Waals surface area contributed by atoms with E-state index in [1.807, 2.05) is 4.90 Å². The molecule has 2 heterocycles. The zero-order valence-electron chi connectivity index (χ0n) is 11.4. The second kappa shape index (κ2) is 6.82. The average molecular weight is 267 g/mol. The first-order chi connectivity index (χ1) is 9.26. The van der Waals surface area contributed by atoms with Crippen LogP contribution in [-0.4, -0.2) is 30.8 Å². The molecule has 0 amide bonds. The van der Waals surface area contributed by atoms with Crippen LogP contribution in [0.25, 0.3) is 0 Å². The number of nitrogens with zero attached hydrogens (tertiary/aromatic N) is 2. The molecule has 1 aliphatic rings. The summed E-state index contributed by atoms with van der Waals surface area (Å²) >= 11 is 0. The molecule has 1 saturated heterocycles. The topological polar surface area (TPSA) is 51.4 Å². The van der Waals surface area contributed by atoms with Crippen LogP contribution in [0.5, 0.6) is 0 Å². The van der Waals surface area contributed by atoms with E-state index in [2.05, 4.69) is 11.9 Å². The Labute approximate surface area is 113 Å². The lowest BCUT2D eigenvalue weighted by atomic mass is 10.1. The molecular formula is C14H22FN3O. The first-order valence-corrected chi connectivity index (χ1v) is 6.96. The molecule has 2 rings (SSSR count). The maximum absolute atomic E-state index is 14.2. The van der Waals surface area contributed by atoms with E-state index in [0.29, 0.717) is 17.9 Å². The molecule has 4 nitrogen and oxygen atoms in total. The van der Waals surface area contributed by atoms with Crippen LogP contribution in [0.4, 0.5) is 10.2 Å². The van der Waals surface area contributed by atoms with Gasteiger partial charge in [0.05, 0.1) is 6.10 Å². The second-order valence-corrected chi connectivity index (χ2v) is 4.89. The Balaban J connectivity index is 2.08. The van der Waals surface area contributed by atoms with Crippen molar-refractivity contribution in [3.05, 3.63) is 23.6 Å². The molecule has 0 bridgehead atoms. The van der Waals surface area contributed by atoms with E-state index < -0.39 is 0 Å². The van der Waals surface area contributed by atoms with Crippen LogP contribution in [0.2, 0.25) is 0 Å². The van der Waals surface area contributed by atoms with E-state index in [-0.39, 0.29) is 18.5 Å². The lowest BCUT2D eigenvalue weighted by molar-refractivity contribution is 0.0438. The molecule has 2 N–H and O–H groups in total. The number of rotatable bonds is 5. The van der Waals surface area contributed by atoms with E-state index in [4.69, 9.17) is 10.5 Å². The average Bonchev–Trinajstić information content (AvgIpc) is 2.45. The van der Waals surface area contributed by atoms with Crippen LogP contribution in [0, 0.1) is 5.82 Å². The van der Waals surface area contributed by atoms with Gasteiger partial charge in [0.25, 0.3) is 0 Å². The maximum Gasteiger partial charge on any atom is 0.170 e. The molecule has 1 unspecified atom stereocenters. The second-order valence-electron chi connectivity index (χ2n) is 4.89. The number of ether oxygens (including phenoxy) is 1. The van der Waals surface area contributed by atoms with Crippen LogP contribution < -0.4 is 10.6 Å². The fourth-order valence-electron chi connectivity index (χ4n) is 2.40. The highest BCUT2D eigenvalue weighted by molar-refractivity contribution is 5.43. The number of nitrogens with two attached hydrogens (primary N) is 1. The summed E-state index contributed by atoms with van der Waals surface area (Å²) < 4.78 is 20.0. The fourth-order valence-corrected chi connectivity index (χ4v) is 2.40. The van der Waals surface area contributed by atoms with Gasteiger partial charge in [0, 0.05) is 38.0 Å². The van der Waals surface area contributed by atoms with Crippen molar-refractivity contribution in [2.75, 3.05) is 24.6 Å². The highest BCUT2D eigenvalue weighted by Gasteiger charge is 2.24. The first kappa shape index (κ1) is 14.2. The molecule has 1 aliphatic heterocycles. The van der Waals surface area contributed by atoms with Gasteiger partial charge in [0.15, 0.2) is 11.6 Å². The smallest absolute Gasteiger partial charge is 0.170 e. The molecule has 0 aromatic carbocycles. The van der Waals surface area contributed by atoms with Crippen LogP contribution in [0.15, 0.2) is 12.3 Å². The number of hydrogen-bond acceptors (Lipinski definition) is 4. The predicted molar refractivity (Wildman–Crippen MR) is 73.6 cm³/mol. The van der Waals surface area contributed by atoms with Gasteiger partial charge in [0.1, 0.15) is 0 Å². The highest BCUT2D eigenvalue weighted by atomic mass is 19.1. The van der Waals surface area contributed by atoms with Crippen molar-refractivity contribution in [1.29, 1.82) is 0 Å². The third-order valence-corrected chi connectivity index (χ3v) is 3.41. The third-order valence-electron chi connectivity index (χ3n) is 3.41. The number of anilines is 1. The van der Waals surface area contributed by atoms with Crippen molar-refractivity contribution in [3.63, 3.8) is 0 Å². The van der Waals surface area contributed by atoms with Crippen LogP contribution in [0.1, 0.15) is 31.7 Å². The number of piperidine rings is 1. The normalized spacial score (nSPS) is 19.7. The third kappa shape index (κ3) is 3.42. The Morgan fingerprint density at radius 2 is 2.42 bits per heavy atom. The molecule has 5 heteroatoms. The molecule has 0 radical (unpaired) electrons. The molecular weight excluding hydrogens is 245 g/mol. The zero-order chi connectivity index (χ0) is 13.7. The number of aromatic nitrogens is 1. The van der Waals surface area contributed by atoms with Gasteiger partial charge in [-0.1, -0.05) is 6.92 Å². The summed E-state index contributed by atoms with van der Waals surface area (Å²) in [6.45, 7) is 4.58. The Morgan fingerprint density at radius 1 is 1.58 bits per heavy atom. The van der Waals surface area contributed by atoms with Gasteiger partial charge in [0.2, 0.25) is 0 Å². The van der Waals surface area contributed by atoms with Gasteiger partial charge >= 0.3 is 0 Å². The lowest BCUT2D eigenvalue weighted by Gasteiger charge is -2.33. The maximum atomic E-state index is 14.2. The highest BCUT2D eigenvalue weighted by Crippen LogP contribution is 2.24. The van der Waals surface area contributed by atoms with Crippen molar-refractivity contribution in [2.24, 2.45) is 5.73 Å². The summed E-state index contributed by atoms with van der Waals surface area (Å²) in [5, 5.41) is 0. The Bertz CT molecular complexity index is 414. The van der Waals surface area contributed by atoms with E-state index >= 15 is 0 Å². The van der Waals surface area contributed by atoms with E-state index in [0.717, 1.165) is 32.4 Å². The summed E-state index contributed by atoms with van der Waals surface area (Å²) in [7, 11) is 0. The van der Waals surface area contributed by atoms with Gasteiger partial charge in [-0.3, -0.25) is 0 Å². The van der Waals surface area contributed by atoms with E-state index in [9.17, 15) is 4.39 Å².